The lowest BCUT2D eigenvalue weighted by Crippen LogP contribution is -2.46. The van der Waals surface area contributed by atoms with Crippen molar-refractivity contribution in [3.63, 3.8) is 0 Å². The summed E-state index contributed by atoms with van der Waals surface area (Å²) < 4.78 is 10.8. The first-order valence-electron chi connectivity index (χ1n) is 11.4. The maximum absolute atomic E-state index is 13.1. The highest BCUT2D eigenvalue weighted by Crippen LogP contribution is 2.33. The maximum Gasteiger partial charge on any atom is 0.305 e. The molecule has 1 N–H and O–H groups in total. The number of aldehydes is 1. The van der Waals surface area contributed by atoms with Gasteiger partial charge in [-0.05, 0) is 31.1 Å². The minimum Gasteiger partial charge on any atom is -0.461 e. The molecule has 176 valence electrons. The average Bonchev–Trinajstić information content (AvgIpc) is 2.70. The molecular formula is C24H44O6. The number of carbonyl (C=O) groups is 3. The zero-order valence-corrected chi connectivity index (χ0v) is 20.1. The van der Waals surface area contributed by atoms with Crippen LogP contribution >= 0.6 is 0 Å². The van der Waals surface area contributed by atoms with Gasteiger partial charge in [0.05, 0.1) is 17.4 Å². The molecule has 0 aromatic heterocycles. The standard InChI is InChI=1S/C24H44O6/c1-8-21(27)30-22(18(3)13-9-11-17(2)12-10-16-29-7)19(4)23(28)24(5,6)20(26)14-15-25/h15,17-20,22,26H,8-14,16H2,1-7H3/t17?,18?,19?,20?,22-/m0/s1. The molecule has 0 fully saturated rings. The molecule has 0 spiro atoms. The van der Waals surface area contributed by atoms with Crippen LogP contribution in [0.5, 0.6) is 0 Å². The zero-order valence-electron chi connectivity index (χ0n) is 20.1. The average molecular weight is 429 g/mol. The molecule has 0 radical (unpaired) electrons. The first kappa shape index (κ1) is 28.7. The Morgan fingerprint density at radius 3 is 2.20 bits per heavy atom. The van der Waals surface area contributed by atoms with Gasteiger partial charge in [0.2, 0.25) is 0 Å². The minimum absolute atomic E-state index is 0.0182. The fourth-order valence-corrected chi connectivity index (χ4v) is 3.91. The van der Waals surface area contributed by atoms with Crippen LogP contribution in [0.25, 0.3) is 0 Å². The van der Waals surface area contributed by atoms with E-state index in [1.165, 1.54) is 0 Å². The number of rotatable bonds is 17. The van der Waals surface area contributed by atoms with Crippen molar-refractivity contribution >= 4 is 18.0 Å². The predicted octanol–water partition coefficient (Wildman–Crippen LogP) is 4.36. The summed E-state index contributed by atoms with van der Waals surface area (Å²) in [6.07, 6.45) is 4.26. The largest absolute Gasteiger partial charge is 0.461 e. The molecule has 0 saturated heterocycles. The van der Waals surface area contributed by atoms with E-state index in [9.17, 15) is 19.5 Å². The third-order valence-electron chi connectivity index (χ3n) is 6.21. The minimum atomic E-state index is -1.09. The van der Waals surface area contributed by atoms with Crippen molar-refractivity contribution in [3.05, 3.63) is 0 Å². The molecule has 6 heteroatoms. The molecule has 0 heterocycles. The summed E-state index contributed by atoms with van der Waals surface area (Å²) in [7, 11) is 1.71. The molecule has 0 aliphatic carbocycles. The van der Waals surface area contributed by atoms with Crippen LogP contribution in [0.3, 0.4) is 0 Å². The molecule has 0 bridgehead atoms. The number of aliphatic hydroxyl groups excluding tert-OH is 1. The van der Waals surface area contributed by atoms with Gasteiger partial charge in [0.15, 0.2) is 0 Å². The summed E-state index contributed by atoms with van der Waals surface area (Å²) in [6, 6.07) is 0. The number of carbonyl (C=O) groups excluding carboxylic acids is 3. The summed E-state index contributed by atoms with van der Waals surface area (Å²) >= 11 is 0. The molecular weight excluding hydrogens is 384 g/mol. The SMILES string of the molecule is CCC(=O)O[C@@H](C(C)CCCC(C)CCCOC)C(C)C(=O)C(C)(C)C(O)CC=O. The van der Waals surface area contributed by atoms with Crippen LogP contribution in [0.1, 0.15) is 86.5 Å². The monoisotopic (exact) mass is 428 g/mol. The molecule has 5 atom stereocenters. The Morgan fingerprint density at radius 1 is 1.07 bits per heavy atom. The summed E-state index contributed by atoms with van der Waals surface area (Å²) in [5.74, 6) is -0.466. The van der Waals surface area contributed by atoms with Crippen molar-refractivity contribution in [1.82, 2.24) is 0 Å². The molecule has 0 aliphatic heterocycles. The van der Waals surface area contributed by atoms with E-state index in [2.05, 4.69) is 6.92 Å². The van der Waals surface area contributed by atoms with E-state index in [0.29, 0.717) is 12.2 Å². The van der Waals surface area contributed by atoms with Gasteiger partial charge in [0.1, 0.15) is 18.2 Å². The number of hydrogen-bond acceptors (Lipinski definition) is 6. The summed E-state index contributed by atoms with van der Waals surface area (Å²) in [5, 5.41) is 10.3. The molecule has 30 heavy (non-hydrogen) atoms. The quantitative estimate of drug-likeness (QED) is 0.210. The lowest BCUT2D eigenvalue weighted by Gasteiger charge is -2.35. The Bertz CT molecular complexity index is 516. The Labute approximate surface area is 183 Å². The lowest BCUT2D eigenvalue weighted by molar-refractivity contribution is -0.159. The van der Waals surface area contributed by atoms with E-state index in [0.717, 1.165) is 38.7 Å². The number of ether oxygens (including phenoxy) is 2. The van der Waals surface area contributed by atoms with Crippen LogP contribution in [-0.4, -0.2) is 49.1 Å². The normalized spacial score (nSPS) is 16.9. The van der Waals surface area contributed by atoms with Crippen LogP contribution in [0.15, 0.2) is 0 Å². The van der Waals surface area contributed by atoms with E-state index in [1.54, 1.807) is 34.8 Å². The lowest BCUT2D eigenvalue weighted by atomic mass is 9.73. The van der Waals surface area contributed by atoms with Crippen LogP contribution in [-0.2, 0) is 23.9 Å². The van der Waals surface area contributed by atoms with Crippen LogP contribution in [0.4, 0.5) is 0 Å². The second-order valence-electron chi connectivity index (χ2n) is 9.25. The third-order valence-corrected chi connectivity index (χ3v) is 6.21. The van der Waals surface area contributed by atoms with Gasteiger partial charge in [0, 0.05) is 26.6 Å². The van der Waals surface area contributed by atoms with E-state index in [4.69, 9.17) is 9.47 Å². The fourth-order valence-electron chi connectivity index (χ4n) is 3.91. The van der Waals surface area contributed by atoms with Gasteiger partial charge in [-0.25, -0.2) is 0 Å². The fraction of sp³-hybridized carbons (Fsp3) is 0.875. The summed E-state index contributed by atoms with van der Waals surface area (Å²) in [6.45, 7) is 11.8. The molecule has 4 unspecified atom stereocenters. The van der Waals surface area contributed by atoms with Crippen molar-refractivity contribution < 1.29 is 29.0 Å². The number of aliphatic hydroxyl groups is 1. The molecule has 0 aromatic carbocycles. The second-order valence-corrected chi connectivity index (χ2v) is 9.25. The number of hydrogen-bond donors (Lipinski definition) is 1. The first-order valence-corrected chi connectivity index (χ1v) is 11.4. The van der Waals surface area contributed by atoms with E-state index in [1.807, 2.05) is 6.92 Å². The van der Waals surface area contributed by atoms with E-state index < -0.39 is 23.5 Å². The zero-order chi connectivity index (χ0) is 23.3. The number of ketones is 1. The van der Waals surface area contributed by atoms with Gasteiger partial charge in [0.25, 0.3) is 0 Å². The topological polar surface area (TPSA) is 89.9 Å². The van der Waals surface area contributed by atoms with Gasteiger partial charge in [-0.15, -0.1) is 0 Å². The first-order chi connectivity index (χ1) is 14.0. The van der Waals surface area contributed by atoms with Crippen molar-refractivity contribution in [2.75, 3.05) is 13.7 Å². The van der Waals surface area contributed by atoms with Gasteiger partial charge in [-0.2, -0.15) is 0 Å². The summed E-state index contributed by atoms with van der Waals surface area (Å²) in [5.41, 5.74) is -1.09. The number of Topliss-reactive ketones (excluding diaryl/α,β-unsaturated/α-hetero) is 1. The Morgan fingerprint density at radius 2 is 1.67 bits per heavy atom. The number of esters is 1. The smallest absolute Gasteiger partial charge is 0.305 e. The highest BCUT2D eigenvalue weighted by Gasteiger charge is 2.42. The highest BCUT2D eigenvalue weighted by atomic mass is 16.5. The highest BCUT2D eigenvalue weighted by molar-refractivity contribution is 5.87. The van der Waals surface area contributed by atoms with Gasteiger partial charge < -0.3 is 19.4 Å². The van der Waals surface area contributed by atoms with Crippen LogP contribution in [0.2, 0.25) is 0 Å². The van der Waals surface area contributed by atoms with Crippen molar-refractivity contribution in [2.45, 2.75) is 98.7 Å². The molecule has 0 aromatic rings. The molecule has 0 rings (SSSR count). The Balaban J connectivity index is 5.09. The second kappa shape index (κ2) is 14.7. The molecule has 0 aliphatic rings. The Kier molecular flexibility index (Phi) is 14.1. The van der Waals surface area contributed by atoms with Gasteiger partial charge in [-0.1, -0.05) is 54.4 Å². The van der Waals surface area contributed by atoms with Crippen molar-refractivity contribution in [2.24, 2.45) is 23.2 Å². The number of methoxy groups -OCH3 is 1. The van der Waals surface area contributed by atoms with Crippen LogP contribution < -0.4 is 0 Å². The van der Waals surface area contributed by atoms with E-state index >= 15 is 0 Å². The maximum atomic E-state index is 13.1. The van der Waals surface area contributed by atoms with Crippen molar-refractivity contribution in [1.29, 1.82) is 0 Å². The molecule has 0 saturated carbocycles. The van der Waals surface area contributed by atoms with E-state index in [-0.39, 0.29) is 30.5 Å². The third kappa shape index (κ3) is 9.69. The molecule has 6 nitrogen and oxygen atoms in total. The van der Waals surface area contributed by atoms with Gasteiger partial charge in [-0.3, -0.25) is 9.59 Å². The van der Waals surface area contributed by atoms with Crippen molar-refractivity contribution in [3.8, 4) is 0 Å². The van der Waals surface area contributed by atoms with Gasteiger partial charge >= 0.3 is 5.97 Å². The summed E-state index contributed by atoms with van der Waals surface area (Å²) in [4.78, 5) is 36.0. The van der Waals surface area contributed by atoms with Crippen LogP contribution in [0, 0.1) is 23.2 Å². The molecule has 0 amide bonds. The predicted molar refractivity (Wildman–Crippen MR) is 118 cm³/mol. The Hall–Kier alpha value is -1.27.